The van der Waals surface area contributed by atoms with Gasteiger partial charge in [0.05, 0.1) is 18.1 Å². The zero-order valence-electron chi connectivity index (χ0n) is 10.5. The van der Waals surface area contributed by atoms with Crippen LogP contribution >= 0.6 is 0 Å². The third-order valence-corrected chi connectivity index (χ3v) is 5.71. The lowest BCUT2D eigenvalue weighted by molar-refractivity contribution is 0.173. The second kappa shape index (κ2) is 5.67. The molecule has 3 atom stereocenters. The largest absolute Gasteiger partial charge is 0.381 e. The van der Waals surface area contributed by atoms with E-state index in [2.05, 4.69) is 12.2 Å². The van der Waals surface area contributed by atoms with Crippen LogP contribution in [-0.2, 0) is 14.6 Å². The third-order valence-electron chi connectivity index (χ3n) is 3.89. The topological polar surface area (TPSA) is 55.4 Å². The van der Waals surface area contributed by atoms with Crippen LogP contribution in [-0.4, -0.2) is 45.2 Å². The van der Waals surface area contributed by atoms with Crippen LogP contribution in [0.3, 0.4) is 0 Å². The monoisotopic (exact) mass is 261 g/mol. The maximum atomic E-state index is 11.6. The fourth-order valence-electron chi connectivity index (χ4n) is 2.91. The van der Waals surface area contributed by atoms with E-state index in [4.69, 9.17) is 4.74 Å². The molecule has 17 heavy (non-hydrogen) atoms. The number of nitrogens with one attached hydrogen (secondary N) is 1. The van der Waals surface area contributed by atoms with Crippen molar-refractivity contribution in [1.82, 2.24) is 5.32 Å². The van der Waals surface area contributed by atoms with E-state index >= 15 is 0 Å². The van der Waals surface area contributed by atoms with Crippen molar-refractivity contribution in [3.05, 3.63) is 0 Å². The van der Waals surface area contributed by atoms with E-state index in [1.54, 1.807) is 0 Å². The minimum absolute atomic E-state index is 0.152. The van der Waals surface area contributed by atoms with Gasteiger partial charge in [-0.3, -0.25) is 0 Å². The van der Waals surface area contributed by atoms with Gasteiger partial charge < -0.3 is 10.1 Å². The molecule has 100 valence electrons. The maximum absolute atomic E-state index is 11.6. The number of hydrogen-bond acceptors (Lipinski definition) is 4. The Hall–Kier alpha value is -0.130. The molecule has 2 saturated heterocycles. The maximum Gasteiger partial charge on any atom is 0.151 e. The fraction of sp³-hybridized carbons (Fsp3) is 1.00. The van der Waals surface area contributed by atoms with E-state index in [1.807, 2.05) is 0 Å². The minimum atomic E-state index is -2.80. The third kappa shape index (κ3) is 3.66. The molecule has 0 aliphatic carbocycles. The molecule has 4 nitrogen and oxygen atoms in total. The van der Waals surface area contributed by atoms with Crippen molar-refractivity contribution < 1.29 is 13.2 Å². The van der Waals surface area contributed by atoms with Crippen molar-refractivity contribution in [2.24, 2.45) is 5.92 Å². The van der Waals surface area contributed by atoms with Crippen molar-refractivity contribution in [3.8, 4) is 0 Å². The lowest BCUT2D eigenvalue weighted by Crippen LogP contribution is -2.48. The van der Waals surface area contributed by atoms with Crippen molar-refractivity contribution in [3.63, 3.8) is 0 Å². The van der Waals surface area contributed by atoms with E-state index in [1.165, 1.54) is 0 Å². The van der Waals surface area contributed by atoms with Crippen LogP contribution in [0.15, 0.2) is 0 Å². The van der Waals surface area contributed by atoms with Crippen molar-refractivity contribution in [2.45, 2.75) is 44.7 Å². The first kappa shape index (κ1) is 13.3. The molecule has 2 aliphatic rings. The summed E-state index contributed by atoms with van der Waals surface area (Å²) in [6, 6.07) is 0.565. The predicted octanol–water partition coefficient (Wildman–Crippen LogP) is 0.968. The average Bonchev–Trinajstić information content (AvgIpc) is 2.78. The van der Waals surface area contributed by atoms with Gasteiger partial charge in [-0.05, 0) is 31.6 Å². The first-order valence-electron chi connectivity index (χ1n) is 6.65. The van der Waals surface area contributed by atoms with Crippen LogP contribution in [0.25, 0.3) is 0 Å². The fourth-order valence-corrected chi connectivity index (χ4v) is 4.56. The summed E-state index contributed by atoms with van der Waals surface area (Å²) in [4.78, 5) is 0. The van der Waals surface area contributed by atoms with E-state index in [0.717, 1.165) is 38.9 Å². The average molecular weight is 261 g/mol. The van der Waals surface area contributed by atoms with E-state index < -0.39 is 9.84 Å². The van der Waals surface area contributed by atoms with E-state index in [0.29, 0.717) is 23.5 Å². The first-order valence-corrected chi connectivity index (χ1v) is 8.47. The smallest absolute Gasteiger partial charge is 0.151 e. The van der Waals surface area contributed by atoms with Gasteiger partial charge in [0.1, 0.15) is 0 Å². The molecule has 1 N–H and O–H groups in total. The summed E-state index contributed by atoms with van der Waals surface area (Å²) in [5, 5.41) is 3.54. The number of rotatable bonds is 4. The number of hydrogen-bond donors (Lipinski definition) is 1. The molecule has 3 unspecified atom stereocenters. The van der Waals surface area contributed by atoms with Gasteiger partial charge in [-0.25, -0.2) is 8.42 Å². The Kier molecular flexibility index (Phi) is 4.44. The van der Waals surface area contributed by atoms with Crippen LogP contribution in [0, 0.1) is 5.92 Å². The molecule has 0 aromatic heterocycles. The Morgan fingerprint density at radius 2 is 2.24 bits per heavy atom. The normalized spacial score (nSPS) is 34.6. The highest BCUT2D eigenvalue weighted by atomic mass is 32.2. The lowest BCUT2D eigenvalue weighted by atomic mass is 9.95. The van der Waals surface area contributed by atoms with Crippen LogP contribution in [0.1, 0.15) is 32.6 Å². The first-order chi connectivity index (χ1) is 8.11. The van der Waals surface area contributed by atoms with Crippen LogP contribution in [0.5, 0.6) is 0 Å². The van der Waals surface area contributed by atoms with Crippen LogP contribution in [0.4, 0.5) is 0 Å². The minimum Gasteiger partial charge on any atom is -0.381 e. The molecule has 0 spiro atoms. The molecular weight excluding hydrogens is 238 g/mol. The van der Waals surface area contributed by atoms with Gasteiger partial charge in [-0.1, -0.05) is 6.92 Å². The molecule has 0 saturated carbocycles. The van der Waals surface area contributed by atoms with Gasteiger partial charge >= 0.3 is 0 Å². The quantitative estimate of drug-likeness (QED) is 0.819. The zero-order valence-corrected chi connectivity index (χ0v) is 11.3. The highest BCUT2D eigenvalue weighted by Crippen LogP contribution is 2.21. The molecule has 2 rings (SSSR count). The van der Waals surface area contributed by atoms with Gasteiger partial charge in [0.25, 0.3) is 0 Å². The van der Waals surface area contributed by atoms with Gasteiger partial charge in [-0.15, -0.1) is 0 Å². The Morgan fingerprint density at radius 1 is 1.41 bits per heavy atom. The summed E-state index contributed by atoms with van der Waals surface area (Å²) in [7, 11) is -2.80. The van der Waals surface area contributed by atoms with Crippen LogP contribution in [0.2, 0.25) is 0 Å². The summed E-state index contributed by atoms with van der Waals surface area (Å²) in [5.74, 6) is 1.25. The highest BCUT2D eigenvalue weighted by molar-refractivity contribution is 7.91. The van der Waals surface area contributed by atoms with Gasteiger partial charge in [-0.2, -0.15) is 0 Å². The zero-order chi connectivity index (χ0) is 12.3. The lowest BCUT2D eigenvalue weighted by Gasteiger charge is -2.30. The molecule has 2 fully saturated rings. The molecule has 5 heteroatoms. The van der Waals surface area contributed by atoms with Gasteiger partial charge in [0, 0.05) is 18.7 Å². The SMILES string of the molecule is CCC(NC1CCCS(=O)(=O)C1)C1CCOC1. The Balaban J connectivity index is 1.89. The summed E-state index contributed by atoms with van der Waals surface area (Å²) < 4.78 is 28.6. The predicted molar refractivity (Wildman–Crippen MR) is 67.8 cm³/mol. The van der Waals surface area contributed by atoms with Gasteiger partial charge in [0.2, 0.25) is 0 Å². The number of sulfone groups is 1. The molecule has 0 radical (unpaired) electrons. The summed E-state index contributed by atoms with van der Waals surface area (Å²) in [5.41, 5.74) is 0. The van der Waals surface area contributed by atoms with E-state index in [9.17, 15) is 8.42 Å². The standard InChI is InChI=1S/C12H23NO3S/c1-2-12(10-5-6-16-8-10)13-11-4-3-7-17(14,15)9-11/h10-13H,2-9H2,1H3. The Morgan fingerprint density at radius 3 is 2.82 bits per heavy atom. The molecule has 0 amide bonds. The van der Waals surface area contributed by atoms with Crippen molar-refractivity contribution >= 4 is 9.84 Å². The summed E-state index contributed by atoms with van der Waals surface area (Å²) in [6.45, 7) is 3.84. The van der Waals surface area contributed by atoms with Crippen molar-refractivity contribution in [1.29, 1.82) is 0 Å². The molecule has 2 heterocycles. The van der Waals surface area contributed by atoms with Crippen LogP contribution < -0.4 is 5.32 Å². The number of ether oxygens (including phenoxy) is 1. The molecular formula is C12H23NO3S. The molecule has 0 aromatic rings. The summed E-state index contributed by atoms with van der Waals surface area (Å²) in [6.07, 6.45) is 3.94. The Labute approximate surface area is 104 Å². The van der Waals surface area contributed by atoms with E-state index in [-0.39, 0.29) is 6.04 Å². The van der Waals surface area contributed by atoms with Gasteiger partial charge in [0.15, 0.2) is 9.84 Å². The molecule has 0 bridgehead atoms. The van der Waals surface area contributed by atoms with Crippen molar-refractivity contribution in [2.75, 3.05) is 24.7 Å². The molecule has 0 aromatic carbocycles. The highest BCUT2D eigenvalue weighted by Gasteiger charge is 2.30. The molecule has 2 aliphatic heterocycles. The second-order valence-corrected chi connectivity index (χ2v) is 7.49. The Bertz CT molecular complexity index is 336. The second-order valence-electron chi connectivity index (χ2n) is 5.26. The summed E-state index contributed by atoms with van der Waals surface area (Å²) >= 11 is 0.